The highest BCUT2D eigenvalue weighted by Gasteiger charge is 2.15. The van der Waals surface area contributed by atoms with Gasteiger partial charge >= 0.3 is 0 Å². The highest BCUT2D eigenvalue weighted by Crippen LogP contribution is 2.16. The number of amides is 1. The average Bonchev–Trinajstić information content (AvgIpc) is 2.43. The summed E-state index contributed by atoms with van der Waals surface area (Å²) in [5.41, 5.74) is 6.85. The van der Waals surface area contributed by atoms with Gasteiger partial charge < -0.3 is 15.5 Å². The number of amidine groups is 1. The van der Waals surface area contributed by atoms with Crippen LogP contribution in [0.3, 0.4) is 0 Å². The van der Waals surface area contributed by atoms with E-state index in [0.29, 0.717) is 12.2 Å². The van der Waals surface area contributed by atoms with Gasteiger partial charge in [-0.2, -0.15) is 0 Å². The number of hydrogen-bond donors (Lipinski definition) is 2. The fourth-order valence-corrected chi connectivity index (χ4v) is 1.81. The zero-order valence-corrected chi connectivity index (χ0v) is 12.6. The SMILES string of the molecule is CCN(CC(C)C(=N)N)c1ccnc(C(=O)N(C)C)c1. The van der Waals surface area contributed by atoms with Crippen molar-refractivity contribution in [2.45, 2.75) is 13.8 Å². The third kappa shape index (κ3) is 3.94. The summed E-state index contributed by atoms with van der Waals surface area (Å²) in [6.45, 7) is 5.36. The summed E-state index contributed by atoms with van der Waals surface area (Å²) in [7, 11) is 3.40. The van der Waals surface area contributed by atoms with Crippen LogP contribution in [-0.2, 0) is 0 Å². The van der Waals surface area contributed by atoms with Gasteiger partial charge in [0.1, 0.15) is 5.69 Å². The molecule has 1 heterocycles. The summed E-state index contributed by atoms with van der Waals surface area (Å²) in [6.07, 6.45) is 1.63. The summed E-state index contributed by atoms with van der Waals surface area (Å²) >= 11 is 0. The Hall–Kier alpha value is -2.11. The Kier molecular flexibility index (Phi) is 5.49. The quantitative estimate of drug-likeness (QED) is 0.604. The summed E-state index contributed by atoms with van der Waals surface area (Å²) in [5, 5.41) is 7.48. The molecule has 6 nitrogen and oxygen atoms in total. The molecule has 6 heteroatoms. The van der Waals surface area contributed by atoms with Crippen molar-refractivity contribution in [2.24, 2.45) is 11.7 Å². The minimum Gasteiger partial charge on any atom is -0.387 e. The first-order valence-corrected chi connectivity index (χ1v) is 6.63. The van der Waals surface area contributed by atoms with Crippen molar-refractivity contribution in [3.8, 4) is 0 Å². The maximum Gasteiger partial charge on any atom is 0.272 e. The molecule has 0 aliphatic carbocycles. The lowest BCUT2D eigenvalue weighted by Gasteiger charge is -2.26. The molecule has 0 aliphatic heterocycles. The number of carbonyl (C=O) groups excluding carboxylic acids is 1. The molecule has 0 radical (unpaired) electrons. The normalized spacial score (nSPS) is 11.8. The first-order chi connectivity index (χ1) is 9.36. The van der Waals surface area contributed by atoms with Crippen LogP contribution < -0.4 is 10.6 Å². The Bertz CT molecular complexity index is 486. The lowest BCUT2D eigenvalue weighted by Crippen LogP contribution is -2.34. The van der Waals surface area contributed by atoms with Crippen LogP contribution in [0, 0.1) is 11.3 Å². The summed E-state index contributed by atoms with van der Waals surface area (Å²) in [5.74, 6) is 0.0146. The molecule has 20 heavy (non-hydrogen) atoms. The first-order valence-electron chi connectivity index (χ1n) is 6.63. The zero-order chi connectivity index (χ0) is 15.3. The molecule has 0 aliphatic rings. The van der Waals surface area contributed by atoms with Crippen molar-refractivity contribution < 1.29 is 4.79 Å². The Morgan fingerprint density at radius 3 is 2.65 bits per heavy atom. The van der Waals surface area contributed by atoms with Crippen molar-refractivity contribution in [1.82, 2.24) is 9.88 Å². The van der Waals surface area contributed by atoms with E-state index in [4.69, 9.17) is 11.1 Å². The number of pyridine rings is 1. The summed E-state index contributed by atoms with van der Waals surface area (Å²) in [6, 6.07) is 3.64. The molecule has 1 atom stereocenters. The van der Waals surface area contributed by atoms with Crippen molar-refractivity contribution in [3.05, 3.63) is 24.0 Å². The summed E-state index contributed by atoms with van der Waals surface area (Å²) < 4.78 is 0. The molecule has 1 aromatic rings. The van der Waals surface area contributed by atoms with E-state index in [2.05, 4.69) is 9.88 Å². The van der Waals surface area contributed by atoms with E-state index in [-0.39, 0.29) is 17.7 Å². The Morgan fingerprint density at radius 2 is 2.15 bits per heavy atom. The standard InChI is InChI=1S/C14H23N5O/c1-5-19(9-10(2)13(15)16)11-6-7-17-12(8-11)14(20)18(3)4/h6-8,10H,5,9H2,1-4H3,(H3,15,16). The molecule has 3 N–H and O–H groups in total. The van der Waals surface area contributed by atoms with Crippen LogP contribution in [0.2, 0.25) is 0 Å². The average molecular weight is 277 g/mol. The van der Waals surface area contributed by atoms with Gasteiger partial charge in [-0.25, -0.2) is 0 Å². The largest absolute Gasteiger partial charge is 0.387 e. The molecule has 0 bridgehead atoms. The van der Waals surface area contributed by atoms with E-state index >= 15 is 0 Å². The van der Waals surface area contributed by atoms with Crippen molar-refractivity contribution >= 4 is 17.4 Å². The molecule has 1 aromatic heterocycles. The van der Waals surface area contributed by atoms with Gasteiger partial charge in [-0.05, 0) is 19.1 Å². The molecule has 0 saturated carbocycles. The highest BCUT2D eigenvalue weighted by atomic mass is 16.2. The van der Waals surface area contributed by atoms with E-state index in [1.54, 1.807) is 26.4 Å². The monoisotopic (exact) mass is 277 g/mol. The number of carbonyl (C=O) groups is 1. The Balaban J connectivity index is 2.96. The minimum absolute atomic E-state index is 0.0314. The molecule has 1 rings (SSSR count). The van der Waals surface area contributed by atoms with Crippen LogP contribution in [0.25, 0.3) is 0 Å². The van der Waals surface area contributed by atoms with Crippen molar-refractivity contribution in [1.29, 1.82) is 5.41 Å². The second-order valence-electron chi connectivity index (χ2n) is 4.99. The molecule has 0 fully saturated rings. The van der Waals surface area contributed by atoms with E-state index in [1.165, 1.54) is 4.90 Å². The van der Waals surface area contributed by atoms with Gasteiger partial charge in [-0.1, -0.05) is 6.92 Å². The molecule has 0 saturated heterocycles. The number of rotatable bonds is 6. The van der Waals surface area contributed by atoms with E-state index < -0.39 is 0 Å². The van der Waals surface area contributed by atoms with E-state index in [1.807, 2.05) is 19.9 Å². The van der Waals surface area contributed by atoms with Gasteiger partial charge in [0.15, 0.2) is 0 Å². The zero-order valence-electron chi connectivity index (χ0n) is 12.6. The molecular formula is C14H23N5O. The Labute approximate surface area is 120 Å². The molecule has 0 aromatic carbocycles. The van der Waals surface area contributed by atoms with Gasteiger partial charge in [0, 0.05) is 45.0 Å². The second-order valence-corrected chi connectivity index (χ2v) is 4.99. The number of hydrogen-bond acceptors (Lipinski definition) is 4. The lowest BCUT2D eigenvalue weighted by atomic mass is 10.1. The summed E-state index contributed by atoms with van der Waals surface area (Å²) in [4.78, 5) is 19.6. The van der Waals surface area contributed by atoms with Crippen LogP contribution in [0.1, 0.15) is 24.3 Å². The van der Waals surface area contributed by atoms with Gasteiger partial charge in [0.05, 0.1) is 5.84 Å². The Morgan fingerprint density at radius 1 is 1.50 bits per heavy atom. The first kappa shape index (κ1) is 15.9. The smallest absolute Gasteiger partial charge is 0.272 e. The number of aromatic nitrogens is 1. The van der Waals surface area contributed by atoms with Gasteiger partial charge in [-0.3, -0.25) is 15.2 Å². The number of nitrogens with zero attached hydrogens (tertiary/aromatic N) is 3. The lowest BCUT2D eigenvalue weighted by molar-refractivity contribution is 0.0822. The highest BCUT2D eigenvalue weighted by molar-refractivity contribution is 5.92. The fraction of sp³-hybridized carbons (Fsp3) is 0.500. The van der Waals surface area contributed by atoms with Gasteiger partial charge in [0.2, 0.25) is 0 Å². The van der Waals surface area contributed by atoms with Crippen LogP contribution in [-0.4, -0.2) is 48.8 Å². The molecular weight excluding hydrogens is 254 g/mol. The van der Waals surface area contributed by atoms with Crippen LogP contribution in [0.5, 0.6) is 0 Å². The molecule has 0 spiro atoms. The third-order valence-corrected chi connectivity index (χ3v) is 3.14. The van der Waals surface area contributed by atoms with Crippen LogP contribution in [0.15, 0.2) is 18.3 Å². The van der Waals surface area contributed by atoms with E-state index in [0.717, 1.165) is 12.2 Å². The number of anilines is 1. The predicted molar refractivity (Wildman–Crippen MR) is 81.2 cm³/mol. The van der Waals surface area contributed by atoms with Crippen LogP contribution >= 0.6 is 0 Å². The third-order valence-electron chi connectivity index (χ3n) is 3.14. The van der Waals surface area contributed by atoms with Crippen molar-refractivity contribution in [2.75, 3.05) is 32.1 Å². The number of nitrogens with one attached hydrogen (secondary N) is 1. The molecule has 1 amide bonds. The molecule has 110 valence electrons. The number of nitrogens with two attached hydrogens (primary N) is 1. The maximum atomic E-state index is 11.9. The topological polar surface area (TPSA) is 86.3 Å². The predicted octanol–water partition coefficient (Wildman–Crippen LogP) is 1.18. The van der Waals surface area contributed by atoms with Gasteiger partial charge in [0.25, 0.3) is 5.91 Å². The molecule has 1 unspecified atom stereocenters. The fourth-order valence-electron chi connectivity index (χ4n) is 1.81. The maximum absolute atomic E-state index is 11.9. The van der Waals surface area contributed by atoms with Gasteiger partial charge in [-0.15, -0.1) is 0 Å². The minimum atomic E-state index is -0.123. The van der Waals surface area contributed by atoms with Crippen molar-refractivity contribution in [3.63, 3.8) is 0 Å². The van der Waals surface area contributed by atoms with E-state index in [9.17, 15) is 4.79 Å². The second kappa shape index (κ2) is 6.88. The van der Waals surface area contributed by atoms with Crippen LogP contribution in [0.4, 0.5) is 5.69 Å².